The van der Waals surface area contributed by atoms with Crippen molar-refractivity contribution < 1.29 is 9.62 Å². The van der Waals surface area contributed by atoms with Crippen molar-refractivity contribution in [3.05, 3.63) is 41.9 Å². The van der Waals surface area contributed by atoms with E-state index in [0.717, 1.165) is 24.2 Å². The molecule has 1 N–H and O–H groups in total. The minimum Gasteiger partial charge on any atom is -0.463 e. The second-order valence-corrected chi connectivity index (χ2v) is 3.51. The van der Waals surface area contributed by atoms with E-state index in [4.69, 9.17) is 9.62 Å². The van der Waals surface area contributed by atoms with Gasteiger partial charge in [0.15, 0.2) is 5.76 Å². The molecule has 0 aliphatic heterocycles. The van der Waals surface area contributed by atoms with Gasteiger partial charge in [-0.1, -0.05) is 5.16 Å². The van der Waals surface area contributed by atoms with Crippen LogP contribution in [0.3, 0.4) is 0 Å². The molecule has 0 saturated carbocycles. The van der Waals surface area contributed by atoms with Crippen molar-refractivity contribution in [2.75, 3.05) is 0 Å². The SMILES string of the molecule is Cn1ccnc1CCc1ccoc1/C=N\O. The molecular weight excluding hydrogens is 206 g/mol. The highest BCUT2D eigenvalue weighted by Gasteiger charge is 2.06. The molecule has 0 amide bonds. The fraction of sp³-hybridized carbons (Fsp3) is 0.273. The summed E-state index contributed by atoms with van der Waals surface area (Å²) in [6, 6.07) is 1.87. The zero-order valence-corrected chi connectivity index (χ0v) is 9.00. The monoisotopic (exact) mass is 219 g/mol. The lowest BCUT2D eigenvalue weighted by Gasteiger charge is -2.00. The summed E-state index contributed by atoms with van der Waals surface area (Å²) < 4.78 is 7.15. The van der Waals surface area contributed by atoms with Gasteiger partial charge in [-0.05, 0) is 18.1 Å². The number of oxime groups is 1. The van der Waals surface area contributed by atoms with Crippen molar-refractivity contribution in [3.63, 3.8) is 0 Å². The van der Waals surface area contributed by atoms with E-state index in [1.165, 1.54) is 6.21 Å². The fourth-order valence-electron chi connectivity index (χ4n) is 1.60. The van der Waals surface area contributed by atoms with E-state index >= 15 is 0 Å². The summed E-state index contributed by atoms with van der Waals surface area (Å²) in [6.45, 7) is 0. The first-order valence-corrected chi connectivity index (χ1v) is 5.01. The van der Waals surface area contributed by atoms with Gasteiger partial charge in [-0.15, -0.1) is 0 Å². The summed E-state index contributed by atoms with van der Waals surface area (Å²) in [6.07, 6.45) is 8.22. The van der Waals surface area contributed by atoms with Gasteiger partial charge >= 0.3 is 0 Å². The van der Waals surface area contributed by atoms with Crippen LogP contribution < -0.4 is 0 Å². The van der Waals surface area contributed by atoms with Crippen molar-refractivity contribution in [1.82, 2.24) is 9.55 Å². The van der Waals surface area contributed by atoms with Crippen molar-refractivity contribution in [2.24, 2.45) is 12.2 Å². The minimum atomic E-state index is 0.594. The smallest absolute Gasteiger partial charge is 0.151 e. The lowest BCUT2D eigenvalue weighted by atomic mass is 10.1. The van der Waals surface area contributed by atoms with Gasteiger partial charge in [0.1, 0.15) is 12.0 Å². The van der Waals surface area contributed by atoms with Gasteiger partial charge in [0, 0.05) is 25.9 Å². The molecular formula is C11H13N3O2. The first-order valence-electron chi connectivity index (χ1n) is 5.01. The molecule has 2 aromatic heterocycles. The lowest BCUT2D eigenvalue weighted by Crippen LogP contribution is -2.00. The Morgan fingerprint density at radius 2 is 2.44 bits per heavy atom. The third kappa shape index (κ3) is 2.13. The Labute approximate surface area is 93.0 Å². The predicted octanol–water partition coefficient (Wildman–Crippen LogP) is 1.61. The molecule has 16 heavy (non-hydrogen) atoms. The normalized spacial score (nSPS) is 11.3. The molecule has 0 aliphatic rings. The van der Waals surface area contributed by atoms with E-state index in [0.29, 0.717) is 5.76 Å². The number of furan rings is 1. The van der Waals surface area contributed by atoms with E-state index < -0.39 is 0 Å². The average Bonchev–Trinajstić information content (AvgIpc) is 2.86. The molecule has 2 heterocycles. The molecule has 0 unspecified atom stereocenters. The van der Waals surface area contributed by atoms with E-state index in [1.807, 2.05) is 23.9 Å². The minimum absolute atomic E-state index is 0.594. The van der Waals surface area contributed by atoms with Crippen LogP contribution in [0.2, 0.25) is 0 Å². The van der Waals surface area contributed by atoms with Crippen LogP contribution in [0.15, 0.2) is 34.3 Å². The van der Waals surface area contributed by atoms with Gasteiger partial charge in [-0.3, -0.25) is 0 Å². The topological polar surface area (TPSA) is 63.5 Å². The van der Waals surface area contributed by atoms with E-state index in [9.17, 15) is 0 Å². The molecule has 0 aliphatic carbocycles. The Hall–Kier alpha value is -2.04. The van der Waals surface area contributed by atoms with E-state index in [2.05, 4.69) is 10.1 Å². The summed E-state index contributed by atoms with van der Waals surface area (Å²) in [5.74, 6) is 1.62. The molecule has 84 valence electrons. The fourth-order valence-corrected chi connectivity index (χ4v) is 1.60. The van der Waals surface area contributed by atoms with Crippen molar-refractivity contribution in [1.29, 1.82) is 0 Å². The molecule has 0 atom stereocenters. The van der Waals surface area contributed by atoms with Gasteiger partial charge in [0.25, 0.3) is 0 Å². The van der Waals surface area contributed by atoms with Crippen LogP contribution in [0, 0.1) is 0 Å². The molecule has 5 nitrogen and oxygen atoms in total. The van der Waals surface area contributed by atoms with E-state index in [1.54, 1.807) is 12.5 Å². The van der Waals surface area contributed by atoms with Gasteiger partial charge in [-0.2, -0.15) is 0 Å². The summed E-state index contributed by atoms with van der Waals surface area (Å²) in [7, 11) is 1.97. The molecule has 2 rings (SSSR count). The number of hydrogen-bond donors (Lipinski definition) is 1. The molecule has 5 heteroatoms. The Balaban J connectivity index is 2.05. The van der Waals surface area contributed by atoms with E-state index in [-0.39, 0.29) is 0 Å². The maximum absolute atomic E-state index is 8.45. The Kier molecular flexibility index (Phi) is 3.05. The maximum atomic E-state index is 8.45. The lowest BCUT2D eigenvalue weighted by molar-refractivity contribution is 0.320. The molecule has 0 bridgehead atoms. The third-order valence-electron chi connectivity index (χ3n) is 2.49. The van der Waals surface area contributed by atoms with Crippen LogP contribution >= 0.6 is 0 Å². The number of rotatable bonds is 4. The summed E-state index contributed by atoms with van der Waals surface area (Å²) in [5.41, 5.74) is 1.01. The van der Waals surface area contributed by atoms with Gasteiger partial charge < -0.3 is 14.2 Å². The van der Waals surface area contributed by atoms with Crippen LogP contribution in [0.5, 0.6) is 0 Å². The number of hydrogen-bond acceptors (Lipinski definition) is 4. The zero-order valence-electron chi connectivity index (χ0n) is 9.00. The van der Waals surface area contributed by atoms with Crippen molar-refractivity contribution >= 4 is 6.21 Å². The highest BCUT2D eigenvalue weighted by Crippen LogP contribution is 2.11. The number of aromatic nitrogens is 2. The van der Waals surface area contributed by atoms with Crippen LogP contribution in [0.4, 0.5) is 0 Å². The van der Waals surface area contributed by atoms with Crippen LogP contribution in [0.25, 0.3) is 0 Å². The highest BCUT2D eigenvalue weighted by atomic mass is 16.4. The van der Waals surface area contributed by atoms with Crippen LogP contribution in [-0.2, 0) is 19.9 Å². The summed E-state index contributed by atoms with van der Waals surface area (Å²) in [5, 5.41) is 11.4. The zero-order chi connectivity index (χ0) is 11.4. The number of aryl methyl sites for hydroxylation is 3. The molecule has 0 radical (unpaired) electrons. The first-order chi connectivity index (χ1) is 7.81. The van der Waals surface area contributed by atoms with Crippen LogP contribution in [0.1, 0.15) is 17.1 Å². The van der Waals surface area contributed by atoms with Gasteiger partial charge in [-0.25, -0.2) is 4.98 Å². The molecule has 2 aromatic rings. The third-order valence-corrected chi connectivity index (χ3v) is 2.49. The van der Waals surface area contributed by atoms with Crippen LogP contribution in [-0.4, -0.2) is 21.0 Å². The number of imidazole rings is 1. The second-order valence-electron chi connectivity index (χ2n) is 3.51. The predicted molar refractivity (Wildman–Crippen MR) is 58.7 cm³/mol. The summed E-state index contributed by atoms with van der Waals surface area (Å²) in [4.78, 5) is 4.24. The van der Waals surface area contributed by atoms with Crippen molar-refractivity contribution in [2.45, 2.75) is 12.8 Å². The molecule has 0 fully saturated rings. The number of nitrogens with zero attached hydrogens (tertiary/aromatic N) is 3. The first kappa shape index (κ1) is 10.5. The summed E-state index contributed by atoms with van der Waals surface area (Å²) >= 11 is 0. The van der Waals surface area contributed by atoms with Gasteiger partial charge in [0.05, 0.1) is 6.26 Å². The Morgan fingerprint density at radius 3 is 3.12 bits per heavy atom. The average molecular weight is 219 g/mol. The Bertz CT molecular complexity index is 485. The molecule has 0 aromatic carbocycles. The maximum Gasteiger partial charge on any atom is 0.151 e. The largest absolute Gasteiger partial charge is 0.463 e. The Morgan fingerprint density at radius 1 is 1.56 bits per heavy atom. The highest BCUT2D eigenvalue weighted by molar-refractivity contribution is 5.77. The van der Waals surface area contributed by atoms with Gasteiger partial charge in [0.2, 0.25) is 0 Å². The molecule has 0 spiro atoms. The van der Waals surface area contributed by atoms with Crippen molar-refractivity contribution in [3.8, 4) is 0 Å². The molecule has 0 saturated heterocycles. The second kappa shape index (κ2) is 4.65. The quantitative estimate of drug-likeness (QED) is 0.482. The standard InChI is InChI=1S/C11H13N3O2/c1-14-6-5-12-11(14)3-2-9-4-7-16-10(9)8-13-15/h4-8,15H,2-3H2,1H3/b13-8-.